The van der Waals surface area contributed by atoms with Crippen molar-refractivity contribution >= 4 is 5.95 Å². The van der Waals surface area contributed by atoms with Crippen molar-refractivity contribution in [2.75, 3.05) is 19.0 Å². The molecule has 20 heavy (non-hydrogen) atoms. The van der Waals surface area contributed by atoms with Crippen molar-refractivity contribution in [2.24, 2.45) is 5.92 Å². The average molecular weight is 289 g/mol. The molecule has 1 N–H and O–H groups in total. The smallest absolute Gasteiger partial charge is 0.433 e. The van der Waals surface area contributed by atoms with Gasteiger partial charge in [0.1, 0.15) is 0 Å². The molecule has 2 rings (SSSR count). The predicted octanol–water partition coefficient (Wildman–Crippen LogP) is 3.50. The summed E-state index contributed by atoms with van der Waals surface area (Å²) in [5.41, 5.74) is -0.990. The van der Waals surface area contributed by atoms with E-state index >= 15 is 0 Å². The lowest BCUT2D eigenvalue weighted by Gasteiger charge is -2.21. The summed E-state index contributed by atoms with van der Waals surface area (Å²) in [5, 5.41) is 2.52. The fraction of sp³-hybridized carbons (Fsp3) is 0.692. The fourth-order valence-corrected chi connectivity index (χ4v) is 2.31. The van der Waals surface area contributed by atoms with E-state index in [9.17, 15) is 13.2 Å². The number of anilines is 1. The van der Waals surface area contributed by atoms with Gasteiger partial charge < -0.3 is 10.1 Å². The Balaban J connectivity index is 2.06. The molecule has 1 fully saturated rings. The highest BCUT2D eigenvalue weighted by atomic mass is 19.4. The van der Waals surface area contributed by atoms with Gasteiger partial charge >= 0.3 is 6.18 Å². The van der Waals surface area contributed by atoms with E-state index in [0.717, 1.165) is 31.7 Å². The molecule has 1 saturated carbocycles. The summed E-state index contributed by atoms with van der Waals surface area (Å²) in [6.07, 6.45) is 1.18. The van der Waals surface area contributed by atoms with Crippen LogP contribution < -0.4 is 10.1 Å². The van der Waals surface area contributed by atoms with Crippen LogP contribution in [0.2, 0.25) is 0 Å². The second-order valence-corrected chi connectivity index (χ2v) is 4.98. The second-order valence-electron chi connectivity index (χ2n) is 4.98. The van der Waals surface area contributed by atoms with Crippen LogP contribution in [0.5, 0.6) is 5.88 Å². The van der Waals surface area contributed by atoms with Gasteiger partial charge in [-0.2, -0.15) is 18.2 Å². The zero-order chi connectivity index (χ0) is 14.6. The van der Waals surface area contributed by atoms with Crippen LogP contribution in [0.3, 0.4) is 0 Å². The lowest BCUT2D eigenvalue weighted by molar-refractivity contribution is -0.141. The van der Waals surface area contributed by atoms with Crippen molar-refractivity contribution in [3.05, 3.63) is 11.8 Å². The van der Waals surface area contributed by atoms with Crippen LogP contribution in [-0.2, 0) is 6.18 Å². The second kappa shape index (κ2) is 6.28. The van der Waals surface area contributed by atoms with Crippen molar-refractivity contribution < 1.29 is 17.9 Å². The molecule has 0 aliphatic heterocycles. The Labute approximate surface area is 115 Å². The minimum absolute atomic E-state index is 0.0257. The van der Waals surface area contributed by atoms with Gasteiger partial charge in [0.15, 0.2) is 5.69 Å². The van der Waals surface area contributed by atoms with E-state index in [1.807, 2.05) is 0 Å². The number of aromatic nitrogens is 2. The van der Waals surface area contributed by atoms with Gasteiger partial charge in [0.05, 0.1) is 6.61 Å². The number of halogens is 3. The summed E-state index contributed by atoms with van der Waals surface area (Å²) in [6.45, 7) is 0.414. The Kier molecular flexibility index (Phi) is 4.67. The standard InChI is InChI=1S/C13H18F3N3O/c1-17-12-18-10(13(14,15)16)7-11(19-12)20-8-9-5-3-2-4-6-9/h7,9H,2-6,8H2,1H3,(H,17,18,19). The van der Waals surface area contributed by atoms with Gasteiger partial charge in [-0.15, -0.1) is 0 Å². The van der Waals surface area contributed by atoms with Gasteiger partial charge in [-0.1, -0.05) is 19.3 Å². The third kappa shape index (κ3) is 3.98. The summed E-state index contributed by atoms with van der Waals surface area (Å²) in [6, 6.07) is 0.851. The molecule has 4 nitrogen and oxygen atoms in total. The summed E-state index contributed by atoms with van der Waals surface area (Å²) in [5.74, 6) is 0.298. The molecule has 0 aromatic carbocycles. The van der Waals surface area contributed by atoms with Crippen molar-refractivity contribution in [1.82, 2.24) is 9.97 Å². The van der Waals surface area contributed by atoms with Crippen molar-refractivity contribution in [3.8, 4) is 5.88 Å². The van der Waals surface area contributed by atoms with Gasteiger partial charge in [-0.25, -0.2) is 4.98 Å². The highest BCUT2D eigenvalue weighted by molar-refractivity contribution is 5.31. The first-order valence-corrected chi connectivity index (χ1v) is 6.76. The van der Waals surface area contributed by atoms with Gasteiger partial charge in [-0.3, -0.25) is 0 Å². The third-order valence-electron chi connectivity index (χ3n) is 3.41. The fourth-order valence-electron chi connectivity index (χ4n) is 2.31. The normalized spacial score (nSPS) is 17.0. The van der Waals surface area contributed by atoms with E-state index < -0.39 is 11.9 Å². The molecule has 1 aliphatic carbocycles. The van der Waals surface area contributed by atoms with Crippen LogP contribution >= 0.6 is 0 Å². The topological polar surface area (TPSA) is 47.0 Å². The van der Waals surface area contributed by atoms with Crippen LogP contribution in [0.15, 0.2) is 6.07 Å². The summed E-state index contributed by atoms with van der Waals surface area (Å²) < 4.78 is 43.5. The maximum absolute atomic E-state index is 12.7. The lowest BCUT2D eigenvalue weighted by Crippen LogP contribution is -2.17. The number of hydrogen-bond acceptors (Lipinski definition) is 4. The van der Waals surface area contributed by atoms with Gasteiger partial charge in [0.25, 0.3) is 0 Å². The minimum atomic E-state index is -4.50. The van der Waals surface area contributed by atoms with E-state index in [1.54, 1.807) is 0 Å². The van der Waals surface area contributed by atoms with Gasteiger partial charge in [0, 0.05) is 13.1 Å². The molecule has 1 aromatic heterocycles. The molecule has 7 heteroatoms. The molecule has 0 atom stereocenters. The number of ether oxygens (including phenoxy) is 1. The molecule has 1 aromatic rings. The Bertz CT molecular complexity index is 445. The monoisotopic (exact) mass is 289 g/mol. The predicted molar refractivity (Wildman–Crippen MR) is 68.7 cm³/mol. The van der Waals surface area contributed by atoms with E-state index in [1.165, 1.54) is 13.5 Å². The molecule has 112 valence electrons. The molecule has 0 bridgehead atoms. The average Bonchev–Trinajstić information content (AvgIpc) is 2.45. The quantitative estimate of drug-likeness (QED) is 0.921. The molecule has 0 saturated heterocycles. The van der Waals surface area contributed by atoms with Gasteiger partial charge in [-0.05, 0) is 18.8 Å². The Hall–Kier alpha value is -1.53. The van der Waals surface area contributed by atoms with Crippen LogP contribution in [0.1, 0.15) is 37.8 Å². The molecule has 0 radical (unpaired) electrons. The van der Waals surface area contributed by atoms with Crippen molar-refractivity contribution in [3.63, 3.8) is 0 Å². The van der Waals surface area contributed by atoms with Crippen LogP contribution in [0.25, 0.3) is 0 Å². The maximum atomic E-state index is 12.7. The first kappa shape index (κ1) is 14.9. The molecule has 1 aliphatic rings. The van der Waals surface area contributed by atoms with E-state index in [2.05, 4.69) is 15.3 Å². The first-order chi connectivity index (χ1) is 9.49. The highest BCUT2D eigenvalue weighted by Crippen LogP contribution is 2.31. The molecule has 0 amide bonds. The van der Waals surface area contributed by atoms with Crippen LogP contribution in [0, 0.1) is 5.92 Å². The number of rotatable bonds is 4. The van der Waals surface area contributed by atoms with E-state index in [-0.39, 0.29) is 11.8 Å². The van der Waals surface area contributed by atoms with Crippen LogP contribution in [0.4, 0.5) is 19.1 Å². The zero-order valence-electron chi connectivity index (χ0n) is 11.3. The maximum Gasteiger partial charge on any atom is 0.433 e. The molecule has 0 spiro atoms. The number of alkyl halides is 3. The van der Waals surface area contributed by atoms with Gasteiger partial charge in [0.2, 0.25) is 11.8 Å². The molecular weight excluding hydrogens is 271 g/mol. The summed E-state index contributed by atoms with van der Waals surface area (Å²) in [4.78, 5) is 7.30. The first-order valence-electron chi connectivity index (χ1n) is 6.76. The Morgan fingerprint density at radius 1 is 1.25 bits per heavy atom. The van der Waals surface area contributed by atoms with Crippen LogP contribution in [-0.4, -0.2) is 23.6 Å². The SMILES string of the molecule is CNc1nc(OCC2CCCCC2)cc(C(F)(F)F)n1. The largest absolute Gasteiger partial charge is 0.477 e. The Morgan fingerprint density at radius 3 is 2.55 bits per heavy atom. The van der Waals surface area contributed by atoms with E-state index in [4.69, 9.17) is 4.74 Å². The number of hydrogen-bond donors (Lipinski definition) is 1. The zero-order valence-corrected chi connectivity index (χ0v) is 11.3. The summed E-state index contributed by atoms with van der Waals surface area (Å²) >= 11 is 0. The molecular formula is C13H18F3N3O. The molecule has 1 heterocycles. The minimum Gasteiger partial charge on any atom is -0.477 e. The Morgan fingerprint density at radius 2 is 1.95 bits per heavy atom. The van der Waals surface area contributed by atoms with Crippen molar-refractivity contribution in [1.29, 1.82) is 0 Å². The summed E-state index contributed by atoms with van der Waals surface area (Å²) in [7, 11) is 1.47. The van der Waals surface area contributed by atoms with E-state index in [0.29, 0.717) is 12.5 Å². The number of nitrogens with one attached hydrogen (secondary N) is 1. The third-order valence-corrected chi connectivity index (χ3v) is 3.41. The van der Waals surface area contributed by atoms with Crippen molar-refractivity contribution in [2.45, 2.75) is 38.3 Å². The number of nitrogens with zero attached hydrogens (tertiary/aromatic N) is 2. The molecule has 0 unspecified atom stereocenters. The highest BCUT2D eigenvalue weighted by Gasteiger charge is 2.34. The lowest BCUT2D eigenvalue weighted by atomic mass is 9.90.